The summed E-state index contributed by atoms with van der Waals surface area (Å²) in [5, 5.41) is 2.81. The molecule has 0 atom stereocenters. The number of halogens is 3. The minimum atomic E-state index is -2.52. The van der Waals surface area contributed by atoms with Crippen LogP contribution in [-0.4, -0.2) is 21.9 Å². The molecular formula is C12H10ClF2N3O. The van der Waals surface area contributed by atoms with Crippen LogP contribution < -0.4 is 5.32 Å². The van der Waals surface area contributed by atoms with E-state index in [1.54, 1.807) is 6.07 Å². The smallest absolute Gasteiger partial charge is 0.272 e. The van der Waals surface area contributed by atoms with Crippen LogP contribution in [0.5, 0.6) is 0 Å². The van der Waals surface area contributed by atoms with Gasteiger partial charge in [-0.2, -0.15) is 0 Å². The normalized spacial score (nSPS) is 10.7. The van der Waals surface area contributed by atoms with Crippen molar-refractivity contribution in [2.24, 2.45) is 0 Å². The molecule has 2 rings (SSSR count). The maximum Gasteiger partial charge on any atom is 0.272 e. The van der Waals surface area contributed by atoms with Gasteiger partial charge in [-0.3, -0.25) is 4.79 Å². The van der Waals surface area contributed by atoms with E-state index in [2.05, 4.69) is 10.3 Å². The molecule has 1 amide bonds. The lowest BCUT2D eigenvalue weighted by Gasteiger charge is -2.09. The van der Waals surface area contributed by atoms with E-state index in [0.29, 0.717) is 5.69 Å². The molecule has 19 heavy (non-hydrogen) atoms. The molecule has 0 radical (unpaired) electrons. The number of nitrogens with one attached hydrogen (secondary N) is 1. The van der Waals surface area contributed by atoms with Gasteiger partial charge in [0.2, 0.25) is 0 Å². The van der Waals surface area contributed by atoms with Gasteiger partial charge in [0.25, 0.3) is 12.3 Å². The van der Waals surface area contributed by atoms with Gasteiger partial charge in [0.1, 0.15) is 10.8 Å². The molecule has 0 spiro atoms. The summed E-state index contributed by atoms with van der Waals surface area (Å²) >= 11 is 5.69. The van der Waals surface area contributed by atoms with E-state index >= 15 is 0 Å². The van der Waals surface area contributed by atoms with Crippen molar-refractivity contribution >= 4 is 23.2 Å². The van der Waals surface area contributed by atoms with Crippen LogP contribution in [0.25, 0.3) is 0 Å². The molecule has 0 saturated carbocycles. The number of carbonyl (C=O) groups excluding carboxylic acids is 1. The fourth-order valence-electron chi connectivity index (χ4n) is 1.60. The zero-order valence-corrected chi connectivity index (χ0v) is 10.4. The van der Waals surface area contributed by atoms with Crippen LogP contribution in [-0.2, 0) is 6.54 Å². The van der Waals surface area contributed by atoms with Crippen LogP contribution in [0, 0.1) is 0 Å². The lowest BCUT2D eigenvalue weighted by molar-refractivity contribution is 0.0998. The van der Waals surface area contributed by atoms with Gasteiger partial charge in [-0.05, 0) is 24.3 Å². The number of hydrogen-bond donors (Lipinski definition) is 1. The van der Waals surface area contributed by atoms with Crippen LogP contribution in [0.1, 0.15) is 10.5 Å². The Hall–Kier alpha value is -1.95. The number of pyridine rings is 1. The Morgan fingerprint density at radius 1 is 1.47 bits per heavy atom. The van der Waals surface area contributed by atoms with E-state index in [4.69, 9.17) is 11.6 Å². The molecule has 0 fully saturated rings. The van der Waals surface area contributed by atoms with Gasteiger partial charge in [0.15, 0.2) is 0 Å². The first kappa shape index (κ1) is 13.5. The van der Waals surface area contributed by atoms with Gasteiger partial charge in [0, 0.05) is 18.1 Å². The summed E-state index contributed by atoms with van der Waals surface area (Å²) in [6, 6.07) is 6.04. The quantitative estimate of drug-likeness (QED) is 0.878. The molecule has 1 N–H and O–H groups in total. The molecule has 4 nitrogen and oxygen atoms in total. The first-order valence-corrected chi connectivity index (χ1v) is 5.80. The Labute approximate surface area is 113 Å². The largest absolute Gasteiger partial charge is 0.338 e. The molecule has 2 aromatic rings. The summed E-state index contributed by atoms with van der Waals surface area (Å²) in [4.78, 5) is 15.7. The Kier molecular flexibility index (Phi) is 4.11. The van der Waals surface area contributed by atoms with E-state index in [9.17, 15) is 13.6 Å². The van der Waals surface area contributed by atoms with Crippen molar-refractivity contribution in [3.8, 4) is 0 Å². The van der Waals surface area contributed by atoms with Crippen LogP contribution in [0.4, 0.5) is 14.5 Å². The van der Waals surface area contributed by atoms with Crippen molar-refractivity contribution in [1.29, 1.82) is 0 Å². The highest BCUT2D eigenvalue weighted by Gasteiger charge is 2.14. The number of amides is 1. The van der Waals surface area contributed by atoms with Gasteiger partial charge in [-0.1, -0.05) is 11.6 Å². The van der Waals surface area contributed by atoms with Crippen LogP contribution >= 0.6 is 11.6 Å². The van der Waals surface area contributed by atoms with E-state index < -0.39 is 18.9 Å². The van der Waals surface area contributed by atoms with Crippen molar-refractivity contribution in [2.75, 3.05) is 5.32 Å². The molecule has 0 aliphatic heterocycles. The van der Waals surface area contributed by atoms with Gasteiger partial charge in [-0.15, -0.1) is 0 Å². The third-order valence-corrected chi connectivity index (χ3v) is 2.59. The minimum absolute atomic E-state index is 0.160. The minimum Gasteiger partial charge on any atom is -0.338 e. The molecule has 0 bridgehead atoms. The van der Waals surface area contributed by atoms with E-state index in [1.165, 1.54) is 35.2 Å². The number of nitrogens with zero attached hydrogens (tertiary/aromatic N) is 2. The number of carbonyl (C=O) groups is 1. The maximum absolute atomic E-state index is 12.3. The second kappa shape index (κ2) is 5.79. The number of anilines is 1. The predicted octanol–water partition coefficient (Wildman–Crippen LogP) is 3.05. The molecular weight excluding hydrogens is 276 g/mol. The molecule has 0 aromatic carbocycles. The lowest BCUT2D eigenvalue weighted by atomic mass is 10.3. The van der Waals surface area contributed by atoms with Gasteiger partial charge >= 0.3 is 0 Å². The van der Waals surface area contributed by atoms with E-state index in [-0.39, 0.29) is 10.8 Å². The number of alkyl halides is 2. The highest BCUT2D eigenvalue weighted by atomic mass is 35.5. The Morgan fingerprint density at radius 3 is 2.95 bits per heavy atom. The van der Waals surface area contributed by atoms with Gasteiger partial charge < -0.3 is 9.88 Å². The molecule has 7 heteroatoms. The lowest BCUT2D eigenvalue weighted by Crippen LogP contribution is -2.18. The second-order valence-electron chi connectivity index (χ2n) is 3.76. The third kappa shape index (κ3) is 3.51. The summed E-state index contributed by atoms with van der Waals surface area (Å²) in [5.41, 5.74) is 0.614. The van der Waals surface area contributed by atoms with Crippen molar-refractivity contribution < 1.29 is 13.6 Å². The Morgan fingerprint density at radius 2 is 2.26 bits per heavy atom. The summed E-state index contributed by atoms with van der Waals surface area (Å²) < 4.78 is 25.9. The summed E-state index contributed by atoms with van der Waals surface area (Å²) in [6.07, 6.45) is 0.353. The Balaban J connectivity index is 2.14. The van der Waals surface area contributed by atoms with Crippen molar-refractivity contribution in [2.45, 2.75) is 13.0 Å². The van der Waals surface area contributed by atoms with Crippen molar-refractivity contribution in [1.82, 2.24) is 9.55 Å². The number of rotatable bonds is 4. The standard InChI is InChI=1S/C12H10ClF2N3O/c13-10-6-8(3-4-16-10)17-12(19)9-2-1-5-18(9)7-11(14)15/h1-6,11H,7H2,(H,16,17,19). The molecule has 2 heterocycles. The van der Waals surface area contributed by atoms with Gasteiger partial charge in [-0.25, -0.2) is 13.8 Å². The molecule has 0 aliphatic rings. The summed E-state index contributed by atoms with van der Waals surface area (Å²) in [6.45, 7) is -0.521. The zero-order chi connectivity index (χ0) is 13.8. The zero-order valence-electron chi connectivity index (χ0n) is 9.69. The number of hydrogen-bond acceptors (Lipinski definition) is 2. The monoisotopic (exact) mass is 285 g/mol. The second-order valence-corrected chi connectivity index (χ2v) is 4.15. The molecule has 2 aromatic heterocycles. The molecule has 0 saturated heterocycles. The molecule has 100 valence electrons. The van der Waals surface area contributed by atoms with Crippen LogP contribution in [0.3, 0.4) is 0 Å². The first-order valence-electron chi connectivity index (χ1n) is 5.42. The predicted molar refractivity (Wildman–Crippen MR) is 67.6 cm³/mol. The van der Waals surface area contributed by atoms with Crippen LogP contribution in [0.2, 0.25) is 5.15 Å². The molecule has 0 unspecified atom stereocenters. The first-order chi connectivity index (χ1) is 9.06. The fourth-order valence-corrected chi connectivity index (χ4v) is 1.78. The SMILES string of the molecule is O=C(Nc1ccnc(Cl)c1)c1cccn1CC(F)F. The average molecular weight is 286 g/mol. The van der Waals surface area contributed by atoms with Crippen LogP contribution in [0.15, 0.2) is 36.7 Å². The van der Waals surface area contributed by atoms with E-state index in [1.807, 2.05) is 0 Å². The van der Waals surface area contributed by atoms with Crippen molar-refractivity contribution in [3.63, 3.8) is 0 Å². The third-order valence-electron chi connectivity index (χ3n) is 2.38. The van der Waals surface area contributed by atoms with E-state index in [0.717, 1.165) is 0 Å². The summed E-state index contributed by atoms with van der Waals surface area (Å²) in [7, 11) is 0. The topological polar surface area (TPSA) is 46.9 Å². The number of aromatic nitrogens is 2. The summed E-state index contributed by atoms with van der Waals surface area (Å²) in [5.74, 6) is -0.479. The Bertz CT molecular complexity index is 586. The van der Waals surface area contributed by atoms with Gasteiger partial charge in [0.05, 0.1) is 6.54 Å². The fraction of sp³-hybridized carbons (Fsp3) is 0.167. The highest BCUT2D eigenvalue weighted by molar-refractivity contribution is 6.29. The average Bonchev–Trinajstić information content (AvgIpc) is 2.76. The molecule has 0 aliphatic carbocycles. The van der Waals surface area contributed by atoms with Crippen molar-refractivity contribution in [3.05, 3.63) is 47.5 Å². The maximum atomic E-state index is 12.3. The highest BCUT2D eigenvalue weighted by Crippen LogP contribution is 2.14.